The number of thioether (sulfide) groups is 1. The maximum Gasteiger partial charge on any atom is 0.103 e. The minimum atomic E-state index is 0.438. The zero-order valence-electron chi connectivity index (χ0n) is 6.91. The zero-order chi connectivity index (χ0) is 8.81. The van der Waals surface area contributed by atoms with Crippen LogP contribution in [0.2, 0.25) is 0 Å². The highest BCUT2D eigenvalue weighted by Crippen LogP contribution is 2.16. The summed E-state index contributed by atoms with van der Waals surface area (Å²) in [6, 6.07) is 2.09. The molecule has 1 aromatic heterocycles. The van der Waals surface area contributed by atoms with Crippen molar-refractivity contribution in [3.63, 3.8) is 0 Å². The molecule has 0 unspecified atom stereocenters. The first-order chi connectivity index (χ1) is 5.86. The molecule has 0 aromatic carbocycles. The van der Waals surface area contributed by atoms with Gasteiger partial charge in [-0.15, -0.1) is 11.3 Å². The summed E-state index contributed by atoms with van der Waals surface area (Å²) >= 11 is 3.50. The Labute approximate surface area is 80.6 Å². The summed E-state index contributed by atoms with van der Waals surface area (Å²) in [5.41, 5.74) is 0.911. The lowest BCUT2D eigenvalue weighted by atomic mass is 10.4. The van der Waals surface area contributed by atoms with Gasteiger partial charge in [0, 0.05) is 11.1 Å². The molecule has 12 heavy (non-hydrogen) atoms. The Balaban J connectivity index is 2.48. The van der Waals surface area contributed by atoms with E-state index in [-0.39, 0.29) is 0 Å². The van der Waals surface area contributed by atoms with Crippen LogP contribution in [0.4, 0.5) is 0 Å². The number of nitriles is 1. The van der Waals surface area contributed by atoms with Gasteiger partial charge < -0.3 is 0 Å². The number of thiazole rings is 1. The van der Waals surface area contributed by atoms with Crippen molar-refractivity contribution in [2.75, 3.05) is 5.75 Å². The van der Waals surface area contributed by atoms with Crippen LogP contribution < -0.4 is 0 Å². The smallest absolute Gasteiger partial charge is 0.103 e. The Morgan fingerprint density at radius 2 is 2.58 bits per heavy atom. The third-order valence-electron chi connectivity index (χ3n) is 1.29. The van der Waals surface area contributed by atoms with E-state index in [2.05, 4.69) is 18.0 Å². The molecule has 0 N–H and O–H groups in total. The van der Waals surface area contributed by atoms with Gasteiger partial charge in [0.15, 0.2) is 0 Å². The molecule has 0 fully saturated rings. The Hall–Kier alpha value is -0.530. The van der Waals surface area contributed by atoms with E-state index in [1.54, 1.807) is 11.3 Å². The largest absolute Gasteiger partial charge is 0.244 e. The van der Waals surface area contributed by atoms with E-state index in [0.717, 1.165) is 22.2 Å². The summed E-state index contributed by atoms with van der Waals surface area (Å²) in [7, 11) is 0. The van der Waals surface area contributed by atoms with Gasteiger partial charge in [-0.2, -0.15) is 17.0 Å². The van der Waals surface area contributed by atoms with Crippen molar-refractivity contribution in [2.45, 2.75) is 19.1 Å². The van der Waals surface area contributed by atoms with Crippen molar-refractivity contribution in [1.29, 1.82) is 5.26 Å². The molecule has 4 heteroatoms. The summed E-state index contributed by atoms with van der Waals surface area (Å²) in [5.74, 6) is 2.10. The molecule has 0 radical (unpaired) electrons. The highest BCUT2D eigenvalue weighted by Gasteiger charge is 2.00. The molecule has 0 aliphatic carbocycles. The van der Waals surface area contributed by atoms with Gasteiger partial charge >= 0.3 is 0 Å². The van der Waals surface area contributed by atoms with E-state index in [1.807, 2.05) is 17.1 Å². The molecule has 0 amide bonds. The second-order valence-electron chi connectivity index (χ2n) is 2.20. The third-order valence-corrected chi connectivity index (χ3v) is 3.26. The Morgan fingerprint density at radius 3 is 3.25 bits per heavy atom. The van der Waals surface area contributed by atoms with Crippen LogP contribution in [0.3, 0.4) is 0 Å². The Kier molecular flexibility index (Phi) is 4.12. The van der Waals surface area contributed by atoms with E-state index >= 15 is 0 Å². The summed E-state index contributed by atoms with van der Waals surface area (Å²) < 4.78 is 0. The van der Waals surface area contributed by atoms with Crippen molar-refractivity contribution in [3.8, 4) is 6.07 Å². The maximum atomic E-state index is 8.41. The molecule has 0 spiro atoms. The van der Waals surface area contributed by atoms with Gasteiger partial charge in [-0.25, -0.2) is 4.98 Å². The Bertz CT molecular complexity index is 275. The first-order valence-corrected chi connectivity index (χ1v) is 5.78. The van der Waals surface area contributed by atoms with Crippen molar-refractivity contribution in [1.82, 2.24) is 4.98 Å². The van der Waals surface area contributed by atoms with Crippen molar-refractivity contribution < 1.29 is 0 Å². The van der Waals surface area contributed by atoms with Crippen LogP contribution >= 0.6 is 23.1 Å². The van der Waals surface area contributed by atoms with Gasteiger partial charge in [-0.05, 0) is 5.75 Å². The maximum absolute atomic E-state index is 8.41. The number of hydrogen-bond acceptors (Lipinski definition) is 4. The fourth-order valence-corrected chi connectivity index (χ4v) is 2.31. The van der Waals surface area contributed by atoms with Crippen LogP contribution in [-0.2, 0) is 12.2 Å². The number of hydrogen-bond donors (Lipinski definition) is 0. The number of nitrogens with zero attached hydrogens (tertiary/aromatic N) is 2. The average molecular weight is 198 g/mol. The van der Waals surface area contributed by atoms with Crippen LogP contribution in [0.5, 0.6) is 0 Å². The minimum Gasteiger partial charge on any atom is -0.244 e. The first-order valence-electron chi connectivity index (χ1n) is 3.74. The van der Waals surface area contributed by atoms with Crippen LogP contribution in [0, 0.1) is 11.3 Å². The fraction of sp³-hybridized carbons (Fsp3) is 0.500. The van der Waals surface area contributed by atoms with Gasteiger partial charge in [0.25, 0.3) is 0 Å². The number of aromatic nitrogens is 1. The molecule has 1 heterocycles. The zero-order valence-corrected chi connectivity index (χ0v) is 8.54. The lowest BCUT2D eigenvalue weighted by molar-refractivity contribution is 1.11. The van der Waals surface area contributed by atoms with Gasteiger partial charge in [-0.3, -0.25) is 0 Å². The molecule has 0 bridgehead atoms. The molecular formula is C8H10N2S2. The SMILES string of the molecule is CCSCc1nc(CC#N)cs1. The quantitative estimate of drug-likeness (QED) is 0.745. The summed E-state index contributed by atoms with van der Waals surface area (Å²) in [6.07, 6.45) is 0.438. The average Bonchev–Trinajstić information content (AvgIpc) is 2.50. The van der Waals surface area contributed by atoms with Crippen molar-refractivity contribution >= 4 is 23.1 Å². The second kappa shape index (κ2) is 5.18. The molecule has 1 aromatic rings. The minimum absolute atomic E-state index is 0.438. The predicted molar refractivity (Wildman–Crippen MR) is 53.3 cm³/mol. The molecule has 0 aliphatic rings. The van der Waals surface area contributed by atoms with E-state index < -0.39 is 0 Å². The topological polar surface area (TPSA) is 36.7 Å². The lowest BCUT2D eigenvalue weighted by Gasteiger charge is -1.90. The number of rotatable bonds is 4. The van der Waals surface area contributed by atoms with Gasteiger partial charge in [0.1, 0.15) is 5.01 Å². The highest BCUT2D eigenvalue weighted by atomic mass is 32.2. The monoisotopic (exact) mass is 198 g/mol. The third kappa shape index (κ3) is 2.84. The van der Waals surface area contributed by atoms with Crippen LogP contribution in [0.15, 0.2) is 5.38 Å². The van der Waals surface area contributed by atoms with Crippen molar-refractivity contribution in [2.24, 2.45) is 0 Å². The summed E-state index contributed by atoms with van der Waals surface area (Å²) in [6.45, 7) is 2.13. The molecule has 1 rings (SSSR count). The molecule has 0 saturated heterocycles. The van der Waals surface area contributed by atoms with Gasteiger partial charge in [0.2, 0.25) is 0 Å². The molecule has 64 valence electrons. The van der Waals surface area contributed by atoms with Gasteiger partial charge in [0.05, 0.1) is 18.2 Å². The molecule has 0 saturated carbocycles. The summed E-state index contributed by atoms with van der Waals surface area (Å²) in [4.78, 5) is 4.31. The van der Waals surface area contributed by atoms with Crippen LogP contribution in [-0.4, -0.2) is 10.7 Å². The summed E-state index contributed by atoms with van der Waals surface area (Å²) in [5, 5.41) is 11.5. The second-order valence-corrected chi connectivity index (χ2v) is 4.42. The van der Waals surface area contributed by atoms with E-state index in [1.165, 1.54) is 0 Å². The van der Waals surface area contributed by atoms with Crippen molar-refractivity contribution in [3.05, 3.63) is 16.1 Å². The van der Waals surface area contributed by atoms with Crippen LogP contribution in [0.25, 0.3) is 0 Å². The van der Waals surface area contributed by atoms with Gasteiger partial charge in [-0.1, -0.05) is 6.92 Å². The highest BCUT2D eigenvalue weighted by molar-refractivity contribution is 7.98. The molecule has 2 nitrogen and oxygen atoms in total. The predicted octanol–water partition coefficient (Wildman–Crippen LogP) is 2.46. The molecule has 0 atom stereocenters. The molecule has 0 aliphatic heterocycles. The lowest BCUT2D eigenvalue weighted by Crippen LogP contribution is -1.83. The van der Waals surface area contributed by atoms with E-state index in [4.69, 9.17) is 5.26 Å². The Morgan fingerprint density at radius 1 is 1.75 bits per heavy atom. The molecular weight excluding hydrogens is 188 g/mol. The van der Waals surface area contributed by atoms with E-state index in [0.29, 0.717) is 6.42 Å². The van der Waals surface area contributed by atoms with E-state index in [9.17, 15) is 0 Å². The standard InChI is InChI=1S/C8H10N2S2/c1-2-11-6-8-10-7(3-4-9)5-12-8/h5H,2-3,6H2,1H3. The normalized spacial score (nSPS) is 9.67. The fourth-order valence-electron chi connectivity index (χ4n) is 0.767. The van der Waals surface area contributed by atoms with Crippen LogP contribution in [0.1, 0.15) is 17.6 Å². The first kappa shape index (κ1) is 9.56.